The van der Waals surface area contributed by atoms with Crippen molar-refractivity contribution in [1.82, 2.24) is 15.5 Å². The summed E-state index contributed by atoms with van der Waals surface area (Å²) in [6.07, 6.45) is 0. The van der Waals surface area contributed by atoms with Gasteiger partial charge in [0.2, 0.25) is 0 Å². The molecule has 0 bridgehead atoms. The summed E-state index contributed by atoms with van der Waals surface area (Å²) >= 11 is 0. The van der Waals surface area contributed by atoms with Gasteiger partial charge in [0, 0.05) is 26.2 Å². The predicted molar refractivity (Wildman–Crippen MR) is 108 cm³/mol. The third-order valence-corrected chi connectivity index (χ3v) is 4.98. The summed E-state index contributed by atoms with van der Waals surface area (Å²) in [6, 6.07) is 13.8. The van der Waals surface area contributed by atoms with Crippen molar-refractivity contribution in [1.29, 1.82) is 0 Å². The van der Waals surface area contributed by atoms with Crippen LogP contribution in [-0.4, -0.2) is 49.6 Å². The summed E-state index contributed by atoms with van der Waals surface area (Å²) in [7, 11) is 0. The first-order valence-corrected chi connectivity index (χ1v) is 9.72. The molecule has 0 aromatic heterocycles. The van der Waals surface area contributed by atoms with Crippen LogP contribution in [-0.2, 0) is 20.9 Å². The van der Waals surface area contributed by atoms with Gasteiger partial charge in [-0.15, -0.1) is 0 Å². The van der Waals surface area contributed by atoms with Crippen LogP contribution < -0.4 is 10.6 Å². The van der Waals surface area contributed by atoms with E-state index < -0.39 is 11.8 Å². The first-order chi connectivity index (χ1) is 14.0. The van der Waals surface area contributed by atoms with E-state index in [1.807, 2.05) is 31.2 Å². The molecule has 7 heteroatoms. The number of halogens is 1. The molecule has 0 saturated carbocycles. The second-order valence-electron chi connectivity index (χ2n) is 7.09. The number of benzene rings is 2. The molecule has 1 atom stereocenters. The van der Waals surface area contributed by atoms with Crippen LogP contribution in [0.4, 0.5) is 4.39 Å². The highest BCUT2D eigenvalue weighted by molar-refractivity contribution is 6.35. The van der Waals surface area contributed by atoms with E-state index in [2.05, 4.69) is 15.5 Å². The number of amides is 2. The van der Waals surface area contributed by atoms with Crippen molar-refractivity contribution in [3.8, 4) is 0 Å². The van der Waals surface area contributed by atoms with Crippen molar-refractivity contribution in [2.24, 2.45) is 0 Å². The summed E-state index contributed by atoms with van der Waals surface area (Å²) in [5.41, 5.74) is 2.94. The number of ether oxygens (including phenoxy) is 1. The average molecular weight is 399 g/mol. The Hall–Kier alpha value is -2.77. The van der Waals surface area contributed by atoms with Crippen molar-refractivity contribution in [3.63, 3.8) is 0 Å². The molecular formula is C22H26FN3O3. The molecule has 0 aliphatic carbocycles. The highest BCUT2D eigenvalue weighted by atomic mass is 19.1. The Balaban J connectivity index is 1.57. The molecule has 2 aromatic carbocycles. The highest BCUT2D eigenvalue weighted by Gasteiger charge is 2.24. The van der Waals surface area contributed by atoms with E-state index in [0.717, 1.165) is 16.7 Å². The average Bonchev–Trinajstić information content (AvgIpc) is 2.75. The third-order valence-electron chi connectivity index (χ3n) is 4.98. The molecule has 3 rings (SSSR count). The zero-order chi connectivity index (χ0) is 20.6. The standard InChI is InChI=1S/C22H26FN3O3/c1-16-2-4-17(5-3-16)14-24-21(27)22(28)25-15-20(26-10-12-29-13-11-26)18-6-8-19(23)9-7-18/h2-9,20H,10-15H2,1H3,(H,24,27)(H,25,28)/t20-/m0/s1. The molecule has 0 spiro atoms. The number of carbonyl (C=O) groups excluding carboxylic acids is 2. The van der Waals surface area contributed by atoms with Gasteiger partial charge in [-0.3, -0.25) is 14.5 Å². The molecule has 1 fully saturated rings. The Bertz CT molecular complexity index is 818. The Labute approximate surface area is 170 Å². The van der Waals surface area contributed by atoms with Gasteiger partial charge in [0.25, 0.3) is 0 Å². The lowest BCUT2D eigenvalue weighted by Crippen LogP contribution is -2.46. The maximum atomic E-state index is 13.3. The van der Waals surface area contributed by atoms with Crippen LogP contribution in [0.5, 0.6) is 0 Å². The minimum Gasteiger partial charge on any atom is -0.379 e. The quantitative estimate of drug-likeness (QED) is 0.729. The summed E-state index contributed by atoms with van der Waals surface area (Å²) in [6.45, 7) is 5.14. The lowest BCUT2D eigenvalue weighted by molar-refractivity contribution is -0.139. The second kappa shape index (κ2) is 10.1. The van der Waals surface area contributed by atoms with E-state index in [-0.39, 0.29) is 24.9 Å². The van der Waals surface area contributed by atoms with Crippen molar-refractivity contribution >= 4 is 11.8 Å². The molecule has 1 aliphatic rings. The van der Waals surface area contributed by atoms with Crippen LogP contribution in [0.1, 0.15) is 22.7 Å². The van der Waals surface area contributed by atoms with Gasteiger partial charge in [-0.1, -0.05) is 42.0 Å². The summed E-state index contributed by atoms with van der Waals surface area (Å²) in [5.74, 6) is -1.67. The van der Waals surface area contributed by atoms with Crippen LogP contribution in [0.25, 0.3) is 0 Å². The molecule has 6 nitrogen and oxygen atoms in total. The number of nitrogens with zero attached hydrogens (tertiary/aromatic N) is 1. The molecular weight excluding hydrogens is 373 g/mol. The zero-order valence-corrected chi connectivity index (χ0v) is 16.5. The van der Waals surface area contributed by atoms with Crippen LogP contribution in [0.2, 0.25) is 0 Å². The van der Waals surface area contributed by atoms with Crippen LogP contribution >= 0.6 is 0 Å². The molecule has 0 unspecified atom stereocenters. The maximum absolute atomic E-state index is 13.3. The van der Waals surface area contributed by atoms with Crippen LogP contribution in [0.15, 0.2) is 48.5 Å². The van der Waals surface area contributed by atoms with E-state index >= 15 is 0 Å². The van der Waals surface area contributed by atoms with Gasteiger partial charge in [-0.25, -0.2) is 4.39 Å². The van der Waals surface area contributed by atoms with E-state index in [9.17, 15) is 14.0 Å². The fraction of sp³-hybridized carbons (Fsp3) is 0.364. The molecule has 2 N–H and O–H groups in total. The Kier molecular flexibility index (Phi) is 7.32. The lowest BCUT2D eigenvalue weighted by atomic mass is 10.0. The first kappa shape index (κ1) is 21.0. The van der Waals surface area contributed by atoms with E-state index in [1.54, 1.807) is 12.1 Å². The number of carbonyl (C=O) groups is 2. The Morgan fingerprint density at radius 2 is 1.62 bits per heavy atom. The van der Waals surface area contributed by atoms with Crippen molar-refractivity contribution in [2.45, 2.75) is 19.5 Å². The van der Waals surface area contributed by atoms with Gasteiger partial charge in [-0.2, -0.15) is 0 Å². The highest BCUT2D eigenvalue weighted by Crippen LogP contribution is 2.21. The molecule has 1 saturated heterocycles. The molecule has 1 heterocycles. The SMILES string of the molecule is Cc1ccc(CNC(=O)C(=O)NC[C@@H](c2ccc(F)cc2)N2CCOCC2)cc1. The summed E-state index contributed by atoms with van der Waals surface area (Å²) in [5, 5.41) is 5.35. The minimum absolute atomic E-state index is 0.159. The Morgan fingerprint density at radius 3 is 2.28 bits per heavy atom. The predicted octanol–water partition coefficient (Wildman–Crippen LogP) is 1.94. The number of nitrogens with one attached hydrogen (secondary N) is 2. The van der Waals surface area contributed by atoms with Gasteiger partial charge >= 0.3 is 11.8 Å². The van der Waals surface area contributed by atoms with Crippen molar-refractivity contribution in [3.05, 3.63) is 71.0 Å². The second-order valence-corrected chi connectivity index (χ2v) is 7.09. The maximum Gasteiger partial charge on any atom is 0.309 e. The van der Waals surface area contributed by atoms with Crippen LogP contribution in [0.3, 0.4) is 0 Å². The smallest absolute Gasteiger partial charge is 0.309 e. The molecule has 2 amide bonds. The molecule has 0 radical (unpaired) electrons. The summed E-state index contributed by atoms with van der Waals surface area (Å²) < 4.78 is 18.7. The monoisotopic (exact) mass is 399 g/mol. The van der Waals surface area contributed by atoms with Gasteiger partial charge in [0.1, 0.15) is 5.82 Å². The number of aryl methyl sites for hydroxylation is 1. The van der Waals surface area contributed by atoms with Gasteiger partial charge in [0.15, 0.2) is 0 Å². The topological polar surface area (TPSA) is 70.7 Å². The summed E-state index contributed by atoms with van der Waals surface area (Å²) in [4.78, 5) is 26.6. The fourth-order valence-electron chi connectivity index (χ4n) is 3.27. The number of hydrogen-bond donors (Lipinski definition) is 2. The third kappa shape index (κ3) is 6.10. The molecule has 29 heavy (non-hydrogen) atoms. The van der Waals surface area contributed by atoms with Gasteiger partial charge in [0.05, 0.1) is 19.3 Å². The number of hydrogen-bond acceptors (Lipinski definition) is 4. The first-order valence-electron chi connectivity index (χ1n) is 9.72. The van der Waals surface area contributed by atoms with Gasteiger partial charge in [-0.05, 0) is 30.2 Å². The van der Waals surface area contributed by atoms with E-state index in [4.69, 9.17) is 4.74 Å². The largest absolute Gasteiger partial charge is 0.379 e. The van der Waals surface area contributed by atoms with Crippen LogP contribution in [0, 0.1) is 12.7 Å². The van der Waals surface area contributed by atoms with Crippen molar-refractivity contribution in [2.75, 3.05) is 32.8 Å². The molecule has 1 aliphatic heterocycles. The molecule has 2 aromatic rings. The van der Waals surface area contributed by atoms with E-state index in [0.29, 0.717) is 26.3 Å². The minimum atomic E-state index is -0.683. The lowest BCUT2D eigenvalue weighted by Gasteiger charge is -2.34. The van der Waals surface area contributed by atoms with E-state index in [1.165, 1.54) is 12.1 Å². The molecule has 154 valence electrons. The zero-order valence-electron chi connectivity index (χ0n) is 16.5. The Morgan fingerprint density at radius 1 is 1.00 bits per heavy atom. The number of rotatable bonds is 6. The number of morpholine rings is 1. The normalized spacial score (nSPS) is 15.5. The van der Waals surface area contributed by atoms with Crippen molar-refractivity contribution < 1.29 is 18.7 Å². The fourth-order valence-corrected chi connectivity index (χ4v) is 3.27. The van der Waals surface area contributed by atoms with Gasteiger partial charge < -0.3 is 15.4 Å².